The van der Waals surface area contributed by atoms with Crippen molar-refractivity contribution in [1.82, 2.24) is 4.98 Å². The summed E-state index contributed by atoms with van der Waals surface area (Å²) in [6.07, 6.45) is 1.71. The Labute approximate surface area is 89.6 Å². The Morgan fingerprint density at radius 1 is 1.00 bits per heavy atom. The fourth-order valence-corrected chi connectivity index (χ4v) is 1.59. The molecule has 1 atom stereocenters. The summed E-state index contributed by atoms with van der Waals surface area (Å²) < 4.78 is 5.46. The van der Waals surface area contributed by atoms with E-state index < -0.39 is 0 Å². The van der Waals surface area contributed by atoms with E-state index in [9.17, 15) is 0 Å². The molecule has 0 bridgehead atoms. The lowest BCUT2D eigenvalue weighted by Gasteiger charge is -2.14. The molecule has 2 nitrogen and oxygen atoms in total. The molecule has 1 unspecified atom stereocenters. The van der Waals surface area contributed by atoms with Gasteiger partial charge in [0.2, 0.25) is 0 Å². The average Bonchev–Trinajstić information content (AvgIpc) is 2.33. The summed E-state index contributed by atoms with van der Waals surface area (Å²) in [5.74, 6) is 0. The van der Waals surface area contributed by atoms with Gasteiger partial charge in [-0.15, -0.1) is 0 Å². The molecule has 0 N–H and O–H groups in total. The molecule has 2 heteroatoms. The predicted octanol–water partition coefficient (Wildman–Crippen LogP) is 2.82. The molecule has 0 aliphatic carbocycles. The van der Waals surface area contributed by atoms with Crippen LogP contribution in [0.3, 0.4) is 0 Å². The van der Waals surface area contributed by atoms with Gasteiger partial charge in [-0.2, -0.15) is 0 Å². The summed E-state index contributed by atoms with van der Waals surface area (Å²) in [5, 5.41) is 0. The zero-order valence-corrected chi connectivity index (χ0v) is 8.63. The van der Waals surface area contributed by atoms with Crippen molar-refractivity contribution in [1.29, 1.82) is 0 Å². The number of rotatable bonds is 3. The van der Waals surface area contributed by atoms with Gasteiger partial charge in [0.05, 0.1) is 5.69 Å². The van der Waals surface area contributed by atoms with Crippen LogP contribution in [0.4, 0.5) is 0 Å². The lowest BCUT2D eigenvalue weighted by molar-refractivity contribution is 0.133. The number of pyridine rings is 1. The summed E-state index contributed by atoms with van der Waals surface area (Å²) in [4.78, 5) is 4.30. The van der Waals surface area contributed by atoms with Crippen LogP contribution >= 0.6 is 0 Å². The fraction of sp³-hybridized carbons (Fsp3) is 0.154. The number of aromatic nitrogens is 1. The summed E-state index contributed by atoms with van der Waals surface area (Å²) >= 11 is 0. The molecule has 1 heterocycles. The largest absolute Gasteiger partial charge is 0.370 e. The van der Waals surface area contributed by atoms with Crippen molar-refractivity contribution in [2.75, 3.05) is 7.11 Å². The van der Waals surface area contributed by atoms with Crippen LogP contribution in [0.15, 0.2) is 54.7 Å². The average molecular weight is 199 g/mol. The minimum Gasteiger partial charge on any atom is -0.370 e. The first-order valence-electron chi connectivity index (χ1n) is 4.90. The monoisotopic (exact) mass is 199 g/mol. The van der Waals surface area contributed by atoms with E-state index >= 15 is 0 Å². The zero-order valence-electron chi connectivity index (χ0n) is 8.63. The first-order valence-corrected chi connectivity index (χ1v) is 4.90. The van der Waals surface area contributed by atoms with Gasteiger partial charge < -0.3 is 4.74 Å². The van der Waals surface area contributed by atoms with Crippen LogP contribution in [0.1, 0.15) is 17.4 Å². The molecule has 0 saturated heterocycles. The van der Waals surface area contributed by atoms with Gasteiger partial charge in [-0.1, -0.05) is 36.4 Å². The molecule has 0 spiro atoms. The molecule has 0 saturated carbocycles. The molecule has 15 heavy (non-hydrogen) atoms. The van der Waals surface area contributed by atoms with Gasteiger partial charge in [0.15, 0.2) is 0 Å². The van der Waals surface area contributed by atoms with Crippen molar-refractivity contribution < 1.29 is 4.74 Å². The highest BCUT2D eigenvalue weighted by molar-refractivity contribution is 5.25. The Kier molecular flexibility index (Phi) is 3.10. The molecule has 0 fully saturated rings. The van der Waals surface area contributed by atoms with Crippen LogP contribution in [0.5, 0.6) is 0 Å². The Balaban J connectivity index is 2.34. The number of benzene rings is 1. The second-order valence-corrected chi connectivity index (χ2v) is 3.28. The minimum absolute atomic E-state index is 0.0765. The highest BCUT2D eigenvalue weighted by Crippen LogP contribution is 2.22. The normalized spacial score (nSPS) is 12.3. The molecular formula is C13H13NO. The van der Waals surface area contributed by atoms with Crippen molar-refractivity contribution in [2.24, 2.45) is 0 Å². The molecule has 76 valence electrons. The predicted molar refractivity (Wildman–Crippen MR) is 59.5 cm³/mol. The van der Waals surface area contributed by atoms with Crippen molar-refractivity contribution in [2.45, 2.75) is 6.10 Å². The second-order valence-electron chi connectivity index (χ2n) is 3.28. The van der Waals surface area contributed by atoms with E-state index in [1.54, 1.807) is 13.3 Å². The van der Waals surface area contributed by atoms with Crippen LogP contribution in [-0.4, -0.2) is 12.1 Å². The van der Waals surface area contributed by atoms with Crippen LogP contribution in [0.25, 0.3) is 0 Å². The minimum atomic E-state index is -0.0765. The Bertz CT molecular complexity index is 360. The van der Waals surface area contributed by atoms with E-state index in [1.165, 1.54) is 0 Å². The molecule has 1 aromatic heterocycles. The van der Waals surface area contributed by atoms with Gasteiger partial charge in [0, 0.05) is 13.3 Å². The van der Waals surface area contributed by atoms with E-state index in [4.69, 9.17) is 4.74 Å². The molecule has 0 aliphatic heterocycles. The van der Waals surface area contributed by atoms with Crippen molar-refractivity contribution in [3.8, 4) is 0 Å². The summed E-state index contributed by atoms with van der Waals surface area (Å²) in [7, 11) is 1.70. The summed E-state index contributed by atoms with van der Waals surface area (Å²) in [6, 6.07) is 15.9. The van der Waals surface area contributed by atoms with Gasteiger partial charge >= 0.3 is 0 Å². The molecule has 0 radical (unpaired) electrons. The number of methoxy groups -OCH3 is 1. The van der Waals surface area contributed by atoms with Gasteiger partial charge in [-0.05, 0) is 17.7 Å². The number of hydrogen-bond donors (Lipinski definition) is 0. The third-order valence-electron chi connectivity index (χ3n) is 2.29. The van der Waals surface area contributed by atoms with Crippen LogP contribution in [-0.2, 0) is 4.74 Å². The van der Waals surface area contributed by atoms with E-state index in [1.807, 2.05) is 48.5 Å². The quantitative estimate of drug-likeness (QED) is 0.758. The van der Waals surface area contributed by atoms with Gasteiger partial charge in [0.25, 0.3) is 0 Å². The summed E-state index contributed by atoms with van der Waals surface area (Å²) in [5.41, 5.74) is 2.06. The topological polar surface area (TPSA) is 22.1 Å². The number of ether oxygens (including phenoxy) is 1. The van der Waals surface area contributed by atoms with Crippen LogP contribution in [0, 0.1) is 0 Å². The van der Waals surface area contributed by atoms with Crippen molar-refractivity contribution >= 4 is 0 Å². The maximum absolute atomic E-state index is 5.46. The highest BCUT2D eigenvalue weighted by atomic mass is 16.5. The van der Waals surface area contributed by atoms with E-state index in [2.05, 4.69) is 4.98 Å². The Morgan fingerprint density at radius 3 is 2.33 bits per heavy atom. The number of nitrogens with zero attached hydrogens (tertiary/aromatic N) is 1. The summed E-state index contributed by atoms with van der Waals surface area (Å²) in [6.45, 7) is 0. The van der Waals surface area contributed by atoms with E-state index in [0.717, 1.165) is 11.3 Å². The van der Waals surface area contributed by atoms with Crippen molar-refractivity contribution in [3.63, 3.8) is 0 Å². The standard InChI is InChI=1S/C13H13NO/c1-15-13(11-7-3-2-4-8-11)12-9-5-6-10-14-12/h2-10,13H,1H3. The number of hydrogen-bond acceptors (Lipinski definition) is 2. The van der Waals surface area contributed by atoms with Crippen molar-refractivity contribution in [3.05, 3.63) is 66.0 Å². The Hall–Kier alpha value is -1.67. The molecule has 0 amide bonds. The van der Waals surface area contributed by atoms with Gasteiger partial charge in [0.1, 0.15) is 6.10 Å². The fourth-order valence-electron chi connectivity index (χ4n) is 1.59. The third-order valence-corrected chi connectivity index (χ3v) is 2.29. The lowest BCUT2D eigenvalue weighted by Crippen LogP contribution is -2.04. The molecule has 2 aromatic rings. The van der Waals surface area contributed by atoms with Crippen LogP contribution < -0.4 is 0 Å². The lowest BCUT2D eigenvalue weighted by atomic mass is 10.1. The molecule has 0 aliphatic rings. The Morgan fingerprint density at radius 2 is 1.73 bits per heavy atom. The first-order chi connectivity index (χ1) is 7.42. The van der Waals surface area contributed by atoms with Crippen LogP contribution in [0.2, 0.25) is 0 Å². The SMILES string of the molecule is COC(c1ccccc1)c1ccccn1. The molecule has 1 aromatic carbocycles. The smallest absolute Gasteiger partial charge is 0.124 e. The van der Waals surface area contributed by atoms with Gasteiger partial charge in [-0.3, -0.25) is 4.98 Å². The first kappa shape index (κ1) is 9.87. The molecular weight excluding hydrogens is 186 g/mol. The second kappa shape index (κ2) is 4.71. The maximum Gasteiger partial charge on any atom is 0.124 e. The highest BCUT2D eigenvalue weighted by Gasteiger charge is 2.12. The third kappa shape index (κ3) is 2.22. The maximum atomic E-state index is 5.46. The van der Waals surface area contributed by atoms with Gasteiger partial charge in [-0.25, -0.2) is 0 Å². The molecule has 2 rings (SSSR count). The van der Waals surface area contributed by atoms with E-state index in [-0.39, 0.29) is 6.10 Å². The van der Waals surface area contributed by atoms with E-state index in [0.29, 0.717) is 0 Å². The zero-order chi connectivity index (χ0) is 10.5.